The Balaban J connectivity index is 1.84. The average molecular weight is 443 g/mol. The summed E-state index contributed by atoms with van der Waals surface area (Å²) in [4.78, 5) is 10.3. The molecule has 1 heterocycles. The van der Waals surface area contributed by atoms with Crippen LogP contribution in [-0.2, 0) is 14.3 Å². The van der Waals surface area contributed by atoms with Gasteiger partial charge in [0, 0.05) is 12.5 Å². The Morgan fingerprint density at radius 3 is 2.00 bits per heavy atom. The smallest absolute Gasteiger partial charge is 0.327 e. The Kier molecular flexibility index (Phi) is 15.9. The number of hydrogen-bond acceptors (Lipinski definition) is 5. The molecule has 6 nitrogen and oxygen atoms in total. The maximum absolute atomic E-state index is 10.3. The van der Waals surface area contributed by atoms with E-state index in [-0.39, 0.29) is 12.2 Å². The molecule has 0 radical (unpaired) electrons. The van der Waals surface area contributed by atoms with E-state index in [9.17, 15) is 15.0 Å². The quantitative estimate of drug-likeness (QED) is 0.196. The number of unbranched alkanes of at least 4 members (excludes halogenated alkanes) is 12. The highest BCUT2D eigenvalue weighted by Gasteiger charge is 2.35. The van der Waals surface area contributed by atoms with Gasteiger partial charge in [0.2, 0.25) is 0 Å². The predicted octanol–water partition coefficient (Wildman–Crippen LogP) is 5.35. The van der Waals surface area contributed by atoms with E-state index in [1.807, 2.05) is 13.8 Å². The lowest BCUT2D eigenvalue weighted by molar-refractivity contribution is -0.273. The maximum Gasteiger partial charge on any atom is 0.327 e. The van der Waals surface area contributed by atoms with E-state index >= 15 is 0 Å². The molecule has 0 bridgehead atoms. The molecule has 1 fully saturated rings. The Hall–Kier alpha value is -0.950. The lowest BCUT2D eigenvalue weighted by Crippen LogP contribution is -2.48. The van der Waals surface area contributed by atoms with Crippen molar-refractivity contribution < 1.29 is 29.6 Å². The first kappa shape index (κ1) is 28.1. The monoisotopic (exact) mass is 442 g/mol. The van der Waals surface area contributed by atoms with E-state index in [1.54, 1.807) is 6.08 Å². The molecule has 0 aromatic carbocycles. The number of hydrogen-bond donors (Lipinski definition) is 3. The van der Waals surface area contributed by atoms with Crippen LogP contribution in [0.4, 0.5) is 0 Å². The number of ether oxygens (including phenoxy) is 2. The van der Waals surface area contributed by atoms with Gasteiger partial charge in [-0.15, -0.1) is 0 Å². The third-order valence-corrected chi connectivity index (χ3v) is 6.05. The van der Waals surface area contributed by atoms with Crippen molar-refractivity contribution in [3.05, 3.63) is 12.2 Å². The fourth-order valence-electron chi connectivity index (χ4n) is 4.01. The molecule has 5 atom stereocenters. The van der Waals surface area contributed by atoms with Crippen LogP contribution in [0.3, 0.4) is 0 Å². The van der Waals surface area contributed by atoms with Gasteiger partial charge in [-0.3, -0.25) is 0 Å². The van der Waals surface area contributed by atoms with Gasteiger partial charge in [-0.25, -0.2) is 4.79 Å². The van der Waals surface area contributed by atoms with E-state index in [1.165, 1.54) is 70.3 Å². The second kappa shape index (κ2) is 17.6. The molecule has 3 N–H and O–H groups in total. The van der Waals surface area contributed by atoms with Gasteiger partial charge in [-0.1, -0.05) is 76.7 Å². The molecule has 31 heavy (non-hydrogen) atoms. The summed E-state index contributed by atoms with van der Waals surface area (Å²) in [7, 11) is 0. The van der Waals surface area contributed by atoms with Crippen molar-refractivity contribution in [2.75, 3.05) is 0 Å². The van der Waals surface area contributed by atoms with Crippen LogP contribution < -0.4 is 0 Å². The van der Waals surface area contributed by atoms with E-state index in [0.29, 0.717) is 6.42 Å². The number of aliphatic hydroxyl groups excluding tert-OH is 2. The van der Waals surface area contributed by atoms with E-state index in [2.05, 4.69) is 0 Å². The summed E-state index contributed by atoms with van der Waals surface area (Å²) in [5.41, 5.74) is 0. The van der Waals surface area contributed by atoms with Crippen molar-refractivity contribution in [2.45, 2.75) is 141 Å². The van der Waals surface area contributed by atoms with Crippen molar-refractivity contribution in [1.82, 2.24) is 0 Å². The van der Waals surface area contributed by atoms with Gasteiger partial charge in [0.25, 0.3) is 0 Å². The Labute approximate surface area is 189 Å². The zero-order valence-electron chi connectivity index (χ0n) is 19.7. The summed E-state index contributed by atoms with van der Waals surface area (Å²) < 4.78 is 11.4. The Morgan fingerprint density at radius 1 is 0.935 bits per heavy atom. The SMILES string of the molecule is CC(CCCCCCCCCCCCCCC=CC(=O)O)OC1OC(C)C(O)CC1O. The van der Waals surface area contributed by atoms with E-state index in [4.69, 9.17) is 14.6 Å². The number of rotatable bonds is 18. The fourth-order valence-corrected chi connectivity index (χ4v) is 4.01. The summed E-state index contributed by atoms with van der Waals surface area (Å²) in [5.74, 6) is -0.856. The van der Waals surface area contributed by atoms with Crippen molar-refractivity contribution >= 4 is 5.97 Å². The molecule has 0 aromatic rings. The summed E-state index contributed by atoms with van der Waals surface area (Å²) >= 11 is 0. The van der Waals surface area contributed by atoms with Crippen molar-refractivity contribution in [2.24, 2.45) is 0 Å². The number of allylic oxidation sites excluding steroid dienone is 1. The first-order valence-corrected chi connectivity index (χ1v) is 12.5. The van der Waals surface area contributed by atoms with Gasteiger partial charge in [0.15, 0.2) is 6.29 Å². The molecular weight excluding hydrogens is 396 g/mol. The second-order valence-electron chi connectivity index (χ2n) is 9.09. The molecular formula is C25H46O6. The summed E-state index contributed by atoms with van der Waals surface area (Å²) in [5, 5.41) is 28.2. The summed E-state index contributed by atoms with van der Waals surface area (Å²) in [6.07, 6.45) is 17.9. The number of aliphatic carboxylic acids is 1. The highest BCUT2D eigenvalue weighted by molar-refractivity contribution is 5.79. The molecule has 1 aliphatic rings. The highest BCUT2D eigenvalue weighted by atomic mass is 16.7. The zero-order valence-corrected chi connectivity index (χ0v) is 19.7. The maximum atomic E-state index is 10.3. The van der Waals surface area contributed by atoms with E-state index < -0.39 is 24.5 Å². The lowest BCUT2D eigenvalue weighted by Gasteiger charge is -2.36. The van der Waals surface area contributed by atoms with Gasteiger partial charge >= 0.3 is 5.97 Å². The highest BCUT2D eigenvalue weighted by Crippen LogP contribution is 2.23. The topological polar surface area (TPSA) is 96.2 Å². The van der Waals surface area contributed by atoms with Crippen LogP contribution in [0.5, 0.6) is 0 Å². The van der Waals surface area contributed by atoms with Gasteiger partial charge < -0.3 is 24.8 Å². The molecule has 1 aliphatic heterocycles. The summed E-state index contributed by atoms with van der Waals surface area (Å²) in [6, 6.07) is 0. The van der Waals surface area contributed by atoms with Crippen molar-refractivity contribution in [1.29, 1.82) is 0 Å². The van der Waals surface area contributed by atoms with Crippen molar-refractivity contribution in [3.8, 4) is 0 Å². The zero-order chi connectivity index (χ0) is 22.9. The number of carboxylic acid groups (broad SMARTS) is 1. The molecule has 5 unspecified atom stereocenters. The van der Waals surface area contributed by atoms with Crippen LogP contribution in [-0.4, -0.2) is 52.0 Å². The van der Waals surface area contributed by atoms with Crippen LogP contribution in [0.1, 0.15) is 110 Å². The van der Waals surface area contributed by atoms with Crippen LogP contribution in [0, 0.1) is 0 Å². The van der Waals surface area contributed by atoms with Gasteiger partial charge in [0.1, 0.15) is 6.10 Å². The molecule has 182 valence electrons. The minimum absolute atomic E-state index is 0.0512. The number of carboxylic acids is 1. The molecule has 0 saturated carbocycles. The number of aliphatic hydroxyl groups is 2. The van der Waals surface area contributed by atoms with Crippen molar-refractivity contribution in [3.63, 3.8) is 0 Å². The Morgan fingerprint density at radius 2 is 1.45 bits per heavy atom. The molecule has 0 spiro atoms. The van der Waals surface area contributed by atoms with Gasteiger partial charge in [-0.05, 0) is 33.1 Å². The first-order chi connectivity index (χ1) is 14.9. The molecule has 6 heteroatoms. The minimum atomic E-state index is -0.856. The summed E-state index contributed by atoms with van der Waals surface area (Å²) in [6.45, 7) is 3.83. The normalized spacial score (nSPS) is 25.2. The van der Waals surface area contributed by atoms with Crippen LogP contribution in [0.25, 0.3) is 0 Å². The Bertz CT molecular complexity index is 481. The standard InChI is InChI=1S/C25H46O6/c1-20(30-25-23(27)19-22(26)21(2)31-25)17-15-13-11-9-7-5-3-4-6-8-10-12-14-16-18-24(28)29/h16,18,20-23,25-27H,3-15,17,19H2,1-2H3,(H,28,29). The van der Waals surface area contributed by atoms with Gasteiger partial charge in [-0.2, -0.15) is 0 Å². The molecule has 0 amide bonds. The van der Waals surface area contributed by atoms with Crippen LogP contribution >= 0.6 is 0 Å². The lowest BCUT2D eigenvalue weighted by atomic mass is 10.0. The third kappa shape index (κ3) is 14.7. The third-order valence-electron chi connectivity index (χ3n) is 6.05. The van der Waals surface area contributed by atoms with Gasteiger partial charge in [0.05, 0.1) is 18.3 Å². The largest absolute Gasteiger partial charge is 0.478 e. The fraction of sp³-hybridized carbons (Fsp3) is 0.880. The minimum Gasteiger partial charge on any atom is -0.478 e. The molecule has 0 aromatic heterocycles. The molecule has 1 rings (SSSR count). The average Bonchev–Trinajstić information content (AvgIpc) is 2.71. The molecule has 1 saturated heterocycles. The second-order valence-corrected chi connectivity index (χ2v) is 9.09. The van der Waals surface area contributed by atoms with E-state index in [0.717, 1.165) is 25.7 Å². The predicted molar refractivity (Wildman–Crippen MR) is 123 cm³/mol. The van der Waals surface area contributed by atoms with Crippen LogP contribution in [0.15, 0.2) is 12.2 Å². The van der Waals surface area contributed by atoms with Crippen LogP contribution in [0.2, 0.25) is 0 Å². The number of carbonyl (C=O) groups is 1. The molecule has 0 aliphatic carbocycles. The first-order valence-electron chi connectivity index (χ1n) is 12.5.